The van der Waals surface area contributed by atoms with Crippen molar-refractivity contribution in [1.82, 2.24) is 10.2 Å². The zero-order valence-electron chi connectivity index (χ0n) is 13.5. The highest BCUT2D eigenvalue weighted by Crippen LogP contribution is 2.32. The summed E-state index contributed by atoms with van der Waals surface area (Å²) in [6.07, 6.45) is -4.09. The van der Waals surface area contributed by atoms with Crippen LogP contribution in [-0.4, -0.2) is 37.0 Å². The average molecular weight is 363 g/mol. The fourth-order valence-corrected chi connectivity index (χ4v) is 3.59. The molecule has 0 radical (unpaired) electrons. The Morgan fingerprint density at radius 2 is 1.92 bits per heavy atom. The molecule has 1 amide bonds. The molecular formula is C17H22ClF3N2O. The van der Waals surface area contributed by atoms with Crippen LogP contribution in [0.1, 0.15) is 30.4 Å². The van der Waals surface area contributed by atoms with Crippen LogP contribution in [0.4, 0.5) is 13.2 Å². The lowest BCUT2D eigenvalue weighted by molar-refractivity contribution is -0.137. The molecule has 2 aliphatic rings. The van der Waals surface area contributed by atoms with Gasteiger partial charge in [0.1, 0.15) is 0 Å². The molecule has 3 atom stereocenters. The quantitative estimate of drug-likeness (QED) is 0.894. The van der Waals surface area contributed by atoms with Gasteiger partial charge in [0.05, 0.1) is 5.56 Å². The van der Waals surface area contributed by atoms with Gasteiger partial charge in [-0.25, -0.2) is 0 Å². The molecule has 2 heterocycles. The third kappa shape index (κ3) is 4.03. The second-order valence-electron chi connectivity index (χ2n) is 6.71. The maximum atomic E-state index is 12.8. The zero-order valence-corrected chi connectivity index (χ0v) is 14.3. The maximum absolute atomic E-state index is 12.8. The molecule has 0 aromatic heterocycles. The van der Waals surface area contributed by atoms with E-state index in [2.05, 4.69) is 5.32 Å². The van der Waals surface area contributed by atoms with Crippen LogP contribution >= 0.6 is 12.4 Å². The first kappa shape index (κ1) is 19.1. The van der Waals surface area contributed by atoms with E-state index in [1.807, 2.05) is 11.8 Å². The molecule has 7 heteroatoms. The number of benzene rings is 1. The van der Waals surface area contributed by atoms with Crippen LogP contribution in [0.15, 0.2) is 24.3 Å². The van der Waals surface area contributed by atoms with Gasteiger partial charge >= 0.3 is 6.18 Å². The maximum Gasteiger partial charge on any atom is 0.416 e. The number of likely N-dealkylation sites (tertiary alicyclic amines) is 1. The molecule has 1 N–H and O–H groups in total. The smallest absolute Gasteiger partial charge is 0.342 e. The summed E-state index contributed by atoms with van der Waals surface area (Å²) in [5.41, 5.74) is -0.0923. The molecule has 2 fully saturated rings. The van der Waals surface area contributed by atoms with Gasteiger partial charge in [-0.3, -0.25) is 4.79 Å². The van der Waals surface area contributed by atoms with E-state index in [0.717, 1.165) is 38.3 Å². The van der Waals surface area contributed by atoms with Crippen molar-refractivity contribution in [3.8, 4) is 0 Å². The molecule has 0 spiro atoms. The number of hydrogen-bond acceptors (Lipinski definition) is 2. The van der Waals surface area contributed by atoms with E-state index in [9.17, 15) is 18.0 Å². The normalized spacial score (nSPS) is 24.4. The van der Waals surface area contributed by atoms with Crippen molar-refractivity contribution in [3.63, 3.8) is 0 Å². The molecule has 1 aromatic rings. The predicted molar refractivity (Wildman–Crippen MR) is 88.2 cm³/mol. The van der Waals surface area contributed by atoms with Crippen molar-refractivity contribution in [3.05, 3.63) is 35.4 Å². The Balaban J connectivity index is 0.00000208. The third-order valence-electron chi connectivity index (χ3n) is 5.01. The number of fused-ring (bicyclic) bond motifs is 1. The van der Waals surface area contributed by atoms with Gasteiger partial charge in [0.15, 0.2) is 0 Å². The molecule has 2 saturated heterocycles. The van der Waals surface area contributed by atoms with Crippen LogP contribution < -0.4 is 5.32 Å². The summed E-state index contributed by atoms with van der Waals surface area (Å²) < 4.78 is 38.4. The summed E-state index contributed by atoms with van der Waals surface area (Å²) in [5.74, 6) is 0.887. The Hall–Kier alpha value is -1.27. The standard InChI is InChI=1S/C17H21F3N2O.ClH/c1-11(12-3-2-4-15(6-12)17(18,19)20)5-16(23)22-9-13-7-21-8-14(13)10-22;/h2-4,6,11,13-14,21H,5,7-10H2,1H3;1H/t11?,13-,14+;. The number of carbonyl (C=O) groups is 1. The van der Waals surface area contributed by atoms with Gasteiger partial charge < -0.3 is 10.2 Å². The highest BCUT2D eigenvalue weighted by Gasteiger charge is 2.38. The summed E-state index contributed by atoms with van der Waals surface area (Å²) in [6.45, 7) is 5.26. The lowest BCUT2D eigenvalue weighted by Gasteiger charge is -2.20. The average Bonchev–Trinajstić information content (AvgIpc) is 3.07. The van der Waals surface area contributed by atoms with E-state index in [-0.39, 0.29) is 30.7 Å². The molecule has 2 aliphatic heterocycles. The van der Waals surface area contributed by atoms with Crippen LogP contribution in [0.2, 0.25) is 0 Å². The molecule has 24 heavy (non-hydrogen) atoms. The minimum absolute atomic E-state index is 0. The SMILES string of the molecule is CC(CC(=O)N1C[C@H]2CNC[C@H]2C1)c1cccc(C(F)(F)F)c1.Cl. The zero-order chi connectivity index (χ0) is 16.6. The lowest BCUT2D eigenvalue weighted by Crippen LogP contribution is -2.32. The van der Waals surface area contributed by atoms with Gasteiger partial charge in [0.25, 0.3) is 0 Å². The second kappa shape index (κ2) is 7.31. The summed E-state index contributed by atoms with van der Waals surface area (Å²) in [6, 6.07) is 5.29. The van der Waals surface area contributed by atoms with Crippen LogP contribution in [0.25, 0.3) is 0 Å². The lowest BCUT2D eigenvalue weighted by atomic mass is 9.95. The van der Waals surface area contributed by atoms with E-state index >= 15 is 0 Å². The fraction of sp³-hybridized carbons (Fsp3) is 0.588. The summed E-state index contributed by atoms with van der Waals surface area (Å²) in [7, 11) is 0. The number of carbonyl (C=O) groups excluding carboxylic acids is 1. The molecule has 3 nitrogen and oxygen atoms in total. The molecule has 3 rings (SSSR count). The molecule has 1 unspecified atom stereocenters. The first-order valence-corrected chi connectivity index (χ1v) is 8.00. The highest BCUT2D eigenvalue weighted by atomic mass is 35.5. The van der Waals surface area contributed by atoms with Crippen molar-refractivity contribution in [2.45, 2.75) is 25.4 Å². The van der Waals surface area contributed by atoms with E-state index in [4.69, 9.17) is 0 Å². The minimum Gasteiger partial charge on any atom is -0.342 e. The van der Waals surface area contributed by atoms with E-state index in [0.29, 0.717) is 17.4 Å². The highest BCUT2D eigenvalue weighted by molar-refractivity contribution is 5.85. The van der Waals surface area contributed by atoms with Gasteiger partial charge in [0, 0.05) is 32.6 Å². The third-order valence-corrected chi connectivity index (χ3v) is 5.01. The summed E-state index contributed by atoms with van der Waals surface area (Å²) >= 11 is 0. The molecule has 0 aliphatic carbocycles. The number of alkyl halides is 3. The molecular weight excluding hydrogens is 341 g/mol. The number of nitrogens with zero attached hydrogens (tertiary/aromatic N) is 1. The number of hydrogen-bond donors (Lipinski definition) is 1. The number of rotatable bonds is 3. The summed E-state index contributed by atoms with van der Waals surface area (Å²) in [4.78, 5) is 14.3. The van der Waals surface area contributed by atoms with Gasteiger partial charge in [-0.1, -0.05) is 25.1 Å². The Bertz CT molecular complexity index is 581. The van der Waals surface area contributed by atoms with Gasteiger partial charge in [-0.05, 0) is 29.4 Å². The largest absolute Gasteiger partial charge is 0.416 e. The van der Waals surface area contributed by atoms with Crippen molar-refractivity contribution < 1.29 is 18.0 Å². The van der Waals surface area contributed by atoms with Gasteiger partial charge in [-0.2, -0.15) is 13.2 Å². The Labute approximate surface area is 146 Å². The summed E-state index contributed by atoms with van der Waals surface area (Å²) in [5, 5.41) is 3.33. The van der Waals surface area contributed by atoms with Crippen LogP contribution in [0, 0.1) is 11.8 Å². The van der Waals surface area contributed by atoms with Gasteiger partial charge in [0.2, 0.25) is 5.91 Å². The van der Waals surface area contributed by atoms with Crippen molar-refractivity contribution in [1.29, 1.82) is 0 Å². The van der Waals surface area contributed by atoms with Crippen molar-refractivity contribution in [2.75, 3.05) is 26.2 Å². The molecule has 0 bridgehead atoms. The second-order valence-corrected chi connectivity index (χ2v) is 6.71. The minimum atomic E-state index is -4.35. The number of nitrogens with one attached hydrogen (secondary N) is 1. The van der Waals surface area contributed by atoms with Crippen LogP contribution in [0.5, 0.6) is 0 Å². The Morgan fingerprint density at radius 3 is 2.50 bits per heavy atom. The first-order chi connectivity index (χ1) is 10.8. The monoisotopic (exact) mass is 362 g/mol. The van der Waals surface area contributed by atoms with Crippen LogP contribution in [-0.2, 0) is 11.0 Å². The molecule has 1 aromatic carbocycles. The van der Waals surface area contributed by atoms with E-state index < -0.39 is 11.7 Å². The fourth-order valence-electron chi connectivity index (χ4n) is 3.59. The Morgan fingerprint density at radius 1 is 1.29 bits per heavy atom. The van der Waals surface area contributed by atoms with E-state index in [1.165, 1.54) is 6.07 Å². The Kier molecular flexibility index (Phi) is 5.81. The number of amides is 1. The topological polar surface area (TPSA) is 32.3 Å². The van der Waals surface area contributed by atoms with Crippen LogP contribution in [0.3, 0.4) is 0 Å². The van der Waals surface area contributed by atoms with E-state index in [1.54, 1.807) is 6.07 Å². The van der Waals surface area contributed by atoms with Crippen molar-refractivity contribution in [2.24, 2.45) is 11.8 Å². The van der Waals surface area contributed by atoms with Crippen molar-refractivity contribution >= 4 is 18.3 Å². The molecule has 0 saturated carbocycles. The first-order valence-electron chi connectivity index (χ1n) is 8.00. The predicted octanol–water partition coefficient (Wildman–Crippen LogP) is 3.30. The van der Waals surface area contributed by atoms with Gasteiger partial charge in [-0.15, -0.1) is 12.4 Å². The molecule has 134 valence electrons. The number of halogens is 4.